The van der Waals surface area contributed by atoms with E-state index in [0.717, 1.165) is 6.07 Å². The fraction of sp³-hybridized carbons (Fsp3) is 0.167. The van der Waals surface area contributed by atoms with Crippen molar-refractivity contribution in [1.82, 2.24) is 10.2 Å². The summed E-state index contributed by atoms with van der Waals surface area (Å²) in [7, 11) is 0. The number of imide groups is 1. The molecule has 2 aromatic carbocycles. The van der Waals surface area contributed by atoms with Crippen molar-refractivity contribution in [2.75, 3.05) is 0 Å². The van der Waals surface area contributed by atoms with Gasteiger partial charge in [0.1, 0.15) is 12.1 Å². The van der Waals surface area contributed by atoms with E-state index in [4.69, 9.17) is 5.73 Å². The van der Waals surface area contributed by atoms with Crippen molar-refractivity contribution in [3.05, 3.63) is 71.3 Å². The molecule has 1 aliphatic rings. The second-order valence-corrected chi connectivity index (χ2v) is 5.84. The maximum absolute atomic E-state index is 14.0. The molecule has 0 bridgehead atoms. The van der Waals surface area contributed by atoms with E-state index < -0.39 is 41.6 Å². The van der Waals surface area contributed by atoms with Gasteiger partial charge in [0.15, 0.2) is 11.6 Å². The predicted octanol–water partition coefficient (Wildman–Crippen LogP) is 1.65. The van der Waals surface area contributed by atoms with Gasteiger partial charge in [-0.15, -0.1) is 0 Å². The number of hydrogen-bond donors (Lipinski definition) is 2. The second-order valence-electron chi connectivity index (χ2n) is 5.84. The topological polar surface area (TPSA) is 92.5 Å². The summed E-state index contributed by atoms with van der Waals surface area (Å²) in [5.41, 5.74) is 5.76. The fourth-order valence-electron chi connectivity index (χ4n) is 2.90. The zero-order valence-electron chi connectivity index (χ0n) is 13.5. The van der Waals surface area contributed by atoms with Crippen LogP contribution in [0.3, 0.4) is 0 Å². The average Bonchev–Trinajstić information content (AvgIpc) is 2.90. The molecule has 2 aromatic rings. The molecule has 8 heteroatoms. The average molecular weight is 359 g/mol. The quantitative estimate of drug-likeness (QED) is 0.795. The Labute approximate surface area is 147 Å². The second kappa shape index (κ2) is 6.91. The molecule has 134 valence electrons. The minimum atomic E-state index is -1.42. The van der Waals surface area contributed by atoms with Crippen molar-refractivity contribution in [3.8, 4) is 0 Å². The number of amides is 4. The van der Waals surface area contributed by atoms with Crippen LogP contribution >= 0.6 is 0 Å². The highest BCUT2D eigenvalue weighted by molar-refractivity contribution is 6.07. The molecular formula is C18H15F2N3O3. The highest BCUT2D eigenvalue weighted by Gasteiger charge is 2.45. The van der Waals surface area contributed by atoms with Gasteiger partial charge in [-0.2, -0.15) is 0 Å². The molecule has 1 saturated heterocycles. The van der Waals surface area contributed by atoms with Crippen molar-refractivity contribution in [1.29, 1.82) is 0 Å². The number of carbonyl (C=O) groups is 3. The Morgan fingerprint density at radius 3 is 2.46 bits per heavy atom. The van der Waals surface area contributed by atoms with E-state index in [2.05, 4.69) is 5.32 Å². The van der Waals surface area contributed by atoms with E-state index in [0.29, 0.717) is 10.5 Å². The number of nitrogens with two attached hydrogens (primary N) is 1. The van der Waals surface area contributed by atoms with Crippen LogP contribution in [-0.4, -0.2) is 28.8 Å². The summed E-state index contributed by atoms with van der Waals surface area (Å²) in [6.45, 7) is 0. The molecule has 4 amide bonds. The first kappa shape index (κ1) is 17.5. The third kappa shape index (κ3) is 3.13. The minimum absolute atomic E-state index is 0.0215. The van der Waals surface area contributed by atoms with E-state index in [9.17, 15) is 23.2 Å². The minimum Gasteiger partial charge on any atom is -0.368 e. The first-order valence-corrected chi connectivity index (χ1v) is 7.81. The Bertz CT molecular complexity index is 873. The summed E-state index contributed by atoms with van der Waals surface area (Å²) in [4.78, 5) is 37.5. The van der Waals surface area contributed by atoms with Crippen LogP contribution in [0.15, 0.2) is 48.5 Å². The Morgan fingerprint density at radius 1 is 1.12 bits per heavy atom. The van der Waals surface area contributed by atoms with Crippen LogP contribution in [0.5, 0.6) is 0 Å². The molecule has 1 aliphatic heterocycles. The molecule has 1 unspecified atom stereocenters. The van der Waals surface area contributed by atoms with Gasteiger partial charge in [-0.1, -0.05) is 42.5 Å². The van der Waals surface area contributed by atoms with Crippen LogP contribution in [0.1, 0.15) is 17.2 Å². The lowest BCUT2D eigenvalue weighted by Crippen LogP contribution is -2.49. The molecule has 2 atom stereocenters. The SMILES string of the molecule is NC(=O)[C@H](Cc1ccccc1)N1C(=O)NC(c2cccc(F)c2F)C1=O. The number of rotatable bonds is 5. The number of carbonyl (C=O) groups excluding carboxylic acids is 3. The molecule has 0 spiro atoms. The van der Waals surface area contributed by atoms with Gasteiger partial charge < -0.3 is 11.1 Å². The van der Waals surface area contributed by atoms with Crippen LogP contribution in [0.25, 0.3) is 0 Å². The van der Waals surface area contributed by atoms with E-state index in [1.54, 1.807) is 30.3 Å². The van der Waals surface area contributed by atoms with Gasteiger partial charge in [0, 0.05) is 12.0 Å². The lowest BCUT2D eigenvalue weighted by atomic mass is 10.0. The monoisotopic (exact) mass is 359 g/mol. The largest absolute Gasteiger partial charge is 0.368 e. The van der Waals surface area contributed by atoms with E-state index in [1.165, 1.54) is 12.1 Å². The third-order valence-electron chi connectivity index (χ3n) is 4.18. The summed E-state index contributed by atoms with van der Waals surface area (Å²) >= 11 is 0. The Hall–Kier alpha value is -3.29. The van der Waals surface area contributed by atoms with Gasteiger partial charge >= 0.3 is 6.03 Å². The molecule has 0 saturated carbocycles. The number of hydrogen-bond acceptors (Lipinski definition) is 3. The van der Waals surface area contributed by atoms with Crippen molar-refractivity contribution in [3.63, 3.8) is 0 Å². The van der Waals surface area contributed by atoms with E-state index in [1.807, 2.05) is 0 Å². The molecule has 3 N–H and O–H groups in total. The van der Waals surface area contributed by atoms with Crippen molar-refractivity contribution >= 4 is 17.8 Å². The summed E-state index contributed by atoms with van der Waals surface area (Å²) < 4.78 is 27.4. The van der Waals surface area contributed by atoms with Gasteiger partial charge in [-0.25, -0.2) is 18.5 Å². The normalized spacial score (nSPS) is 17.9. The van der Waals surface area contributed by atoms with E-state index >= 15 is 0 Å². The smallest absolute Gasteiger partial charge is 0.325 e. The lowest BCUT2D eigenvalue weighted by molar-refractivity contribution is -0.134. The molecule has 0 aliphatic carbocycles. The van der Waals surface area contributed by atoms with Crippen LogP contribution in [-0.2, 0) is 16.0 Å². The first-order chi connectivity index (χ1) is 12.4. The summed E-state index contributed by atoms with van der Waals surface area (Å²) in [6, 6.07) is 8.47. The van der Waals surface area contributed by atoms with Gasteiger partial charge in [-0.05, 0) is 11.6 Å². The number of nitrogens with zero attached hydrogens (tertiary/aromatic N) is 1. The van der Waals surface area contributed by atoms with Crippen molar-refractivity contribution < 1.29 is 23.2 Å². The zero-order valence-corrected chi connectivity index (χ0v) is 13.5. The number of halogens is 2. The Kier molecular flexibility index (Phi) is 4.66. The van der Waals surface area contributed by atoms with Crippen molar-refractivity contribution in [2.24, 2.45) is 5.73 Å². The zero-order chi connectivity index (χ0) is 18.8. The molecule has 1 heterocycles. The molecule has 26 heavy (non-hydrogen) atoms. The van der Waals surface area contributed by atoms with Crippen LogP contribution < -0.4 is 11.1 Å². The molecular weight excluding hydrogens is 344 g/mol. The van der Waals surface area contributed by atoms with Gasteiger partial charge in [0.25, 0.3) is 5.91 Å². The molecule has 1 fully saturated rings. The van der Waals surface area contributed by atoms with Crippen LogP contribution in [0.2, 0.25) is 0 Å². The summed E-state index contributed by atoms with van der Waals surface area (Å²) in [6.07, 6.45) is 0.0215. The van der Waals surface area contributed by atoms with Crippen LogP contribution in [0, 0.1) is 11.6 Å². The molecule has 0 radical (unpaired) electrons. The molecule has 0 aromatic heterocycles. The lowest BCUT2D eigenvalue weighted by Gasteiger charge is -2.22. The van der Waals surface area contributed by atoms with Gasteiger partial charge in [0.2, 0.25) is 5.91 Å². The van der Waals surface area contributed by atoms with Gasteiger partial charge in [0.05, 0.1) is 0 Å². The standard InChI is InChI=1S/C18H15F2N3O3/c19-12-8-4-7-11(14(12)20)15-17(25)23(18(26)22-15)13(16(21)24)9-10-5-2-1-3-6-10/h1-8,13,15H,9H2,(H2,21,24)(H,22,26)/t13-,15?/m0/s1. The number of benzene rings is 2. The maximum atomic E-state index is 14.0. The molecule has 6 nitrogen and oxygen atoms in total. The summed E-state index contributed by atoms with van der Waals surface area (Å²) in [5.74, 6) is -4.11. The van der Waals surface area contributed by atoms with Crippen molar-refractivity contribution in [2.45, 2.75) is 18.5 Å². The fourth-order valence-corrected chi connectivity index (χ4v) is 2.90. The third-order valence-corrected chi connectivity index (χ3v) is 4.18. The first-order valence-electron chi connectivity index (χ1n) is 7.81. The number of nitrogens with one attached hydrogen (secondary N) is 1. The Balaban J connectivity index is 1.91. The van der Waals surface area contributed by atoms with Crippen LogP contribution in [0.4, 0.5) is 13.6 Å². The number of primary amides is 1. The summed E-state index contributed by atoms with van der Waals surface area (Å²) in [5, 5.41) is 2.28. The maximum Gasteiger partial charge on any atom is 0.325 e. The highest BCUT2D eigenvalue weighted by Crippen LogP contribution is 2.27. The Morgan fingerprint density at radius 2 is 1.81 bits per heavy atom. The predicted molar refractivity (Wildman–Crippen MR) is 87.6 cm³/mol. The number of urea groups is 1. The van der Waals surface area contributed by atoms with E-state index in [-0.39, 0.29) is 12.0 Å². The highest BCUT2D eigenvalue weighted by atomic mass is 19.2. The van der Waals surface area contributed by atoms with Gasteiger partial charge in [-0.3, -0.25) is 9.59 Å². The molecule has 3 rings (SSSR count).